The Bertz CT molecular complexity index is 309. The van der Waals surface area contributed by atoms with Crippen LogP contribution in [0.4, 0.5) is 0 Å². The minimum absolute atomic E-state index is 0.448. The highest BCUT2D eigenvalue weighted by Gasteiger charge is 2.47. The van der Waals surface area contributed by atoms with Crippen molar-refractivity contribution in [1.82, 2.24) is 0 Å². The van der Waals surface area contributed by atoms with Crippen molar-refractivity contribution in [2.24, 2.45) is 5.92 Å². The van der Waals surface area contributed by atoms with Crippen molar-refractivity contribution in [3.05, 3.63) is 0 Å². The van der Waals surface area contributed by atoms with Crippen molar-refractivity contribution in [2.75, 3.05) is 0 Å². The lowest BCUT2D eigenvalue weighted by Crippen LogP contribution is -2.23. The molecule has 2 unspecified atom stereocenters. The summed E-state index contributed by atoms with van der Waals surface area (Å²) in [4.78, 5) is 33.5. The normalized spacial score (nSPS) is 24.7. The van der Waals surface area contributed by atoms with Gasteiger partial charge in [-0.05, 0) is 6.42 Å². The molecule has 0 aromatic carbocycles. The molecule has 0 aromatic rings. The standard InChI is InChI=1S/C13H20O4/c1-2-3-4-5-6-7-8-9-10(14)12(16)13(17)11(9)15/h9-10,14H,2-8H2,1H3. The van der Waals surface area contributed by atoms with Crippen molar-refractivity contribution >= 4 is 17.3 Å². The molecule has 1 saturated carbocycles. The molecule has 0 aromatic heterocycles. The van der Waals surface area contributed by atoms with Crippen LogP contribution in [0.3, 0.4) is 0 Å². The van der Waals surface area contributed by atoms with Gasteiger partial charge in [-0.25, -0.2) is 0 Å². The fraction of sp³-hybridized carbons (Fsp3) is 0.769. The fourth-order valence-corrected chi connectivity index (χ4v) is 2.18. The molecule has 1 rings (SSSR count). The van der Waals surface area contributed by atoms with Crippen molar-refractivity contribution < 1.29 is 19.5 Å². The first-order valence-corrected chi connectivity index (χ1v) is 6.40. The van der Waals surface area contributed by atoms with Crippen molar-refractivity contribution in [3.63, 3.8) is 0 Å². The van der Waals surface area contributed by atoms with E-state index < -0.39 is 29.4 Å². The SMILES string of the molecule is CCCCCCCCC1C(=O)C(=O)C(=O)C1O. The first kappa shape index (κ1) is 14.0. The van der Waals surface area contributed by atoms with Crippen LogP contribution in [0.5, 0.6) is 0 Å². The van der Waals surface area contributed by atoms with Crippen LogP contribution < -0.4 is 0 Å². The van der Waals surface area contributed by atoms with Crippen LogP contribution in [0, 0.1) is 5.92 Å². The third kappa shape index (κ3) is 3.46. The van der Waals surface area contributed by atoms with Gasteiger partial charge in [0.2, 0.25) is 11.6 Å². The molecule has 0 spiro atoms. The first-order valence-electron chi connectivity index (χ1n) is 6.40. The van der Waals surface area contributed by atoms with E-state index in [-0.39, 0.29) is 0 Å². The molecule has 4 nitrogen and oxygen atoms in total. The summed E-state index contributed by atoms with van der Waals surface area (Å²) in [5.74, 6) is -3.42. The van der Waals surface area contributed by atoms with Gasteiger partial charge in [0.25, 0.3) is 5.78 Å². The van der Waals surface area contributed by atoms with Gasteiger partial charge in [0.15, 0.2) is 0 Å². The number of unbranched alkanes of at least 4 members (excludes halogenated alkanes) is 5. The first-order chi connectivity index (χ1) is 8.09. The molecule has 0 amide bonds. The number of aliphatic hydroxyl groups is 1. The summed E-state index contributed by atoms with van der Waals surface area (Å²) in [5.41, 5.74) is 0. The lowest BCUT2D eigenvalue weighted by atomic mass is 9.96. The van der Waals surface area contributed by atoms with Gasteiger partial charge in [0.05, 0.1) is 5.92 Å². The van der Waals surface area contributed by atoms with Crippen LogP contribution in [-0.4, -0.2) is 28.6 Å². The van der Waals surface area contributed by atoms with E-state index in [2.05, 4.69) is 6.92 Å². The number of rotatable bonds is 7. The second-order valence-corrected chi connectivity index (χ2v) is 4.67. The Balaban J connectivity index is 2.25. The number of ketones is 3. The molecule has 1 fully saturated rings. The van der Waals surface area contributed by atoms with Gasteiger partial charge < -0.3 is 5.11 Å². The zero-order valence-corrected chi connectivity index (χ0v) is 10.3. The Hall–Kier alpha value is -1.03. The molecule has 0 radical (unpaired) electrons. The third-order valence-corrected chi connectivity index (χ3v) is 3.30. The van der Waals surface area contributed by atoms with Gasteiger partial charge in [-0.15, -0.1) is 0 Å². The summed E-state index contributed by atoms with van der Waals surface area (Å²) in [6.45, 7) is 2.14. The number of Topliss-reactive ketones (excluding diaryl/α,β-unsaturated/α-hetero) is 3. The number of hydrogen-bond donors (Lipinski definition) is 1. The highest BCUT2D eigenvalue weighted by atomic mass is 16.3. The maximum absolute atomic E-state index is 11.4. The lowest BCUT2D eigenvalue weighted by molar-refractivity contribution is -0.141. The predicted octanol–water partition coefficient (Wildman–Crippen LogP) is 1.43. The van der Waals surface area contributed by atoms with Crippen molar-refractivity contribution in [3.8, 4) is 0 Å². The summed E-state index contributed by atoms with van der Waals surface area (Å²) in [6, 6.07) is 0. The molecule has 1 N–H and O–H groups in total. The number of carbonyl (C=O) groups excluding carboxylic acids is 3. The van der Waals surface area contributed by atoms with Crippen LogP contribution in [0.15, 0.2) is 0 Å². The second kappa shape index (κ2) is 6.64. The van der Waals surface area contributed by atoms with Gasteiger partial charge in [-0.1, -0.05) is 45.4 Å². The van der Waals surface area contributed by atoms with Gasteiger partial charge in [-0.2, -0.15) is 0 Å². The zero-order valence-electron chi connectivity index (χ0n) is 10.3. The van der Waals surface area contributed by atoms with E-state index >= 15 is 0 Å². The smallest absolute Gasteiger partial charge is 0.267 e. The van der Waals surface area contributed by atoms with Gasteiger partial charge in [0.1, 0.15) is 6.10 Å². The molecule has 0 bridgehead atoms. The van der Waals surface area contributed by atoms with E-state index in [1.54, 1.807) is 0 Å². The summed E-state index contributed by atoms with van der Waals surface area (Å²) in [7, 11) is 0. The number of hydrogen-bond acceptors (Lipinski definition) is 4. The Morgan fingerprint density at radius 3 is 2.06 bits per heavy atom. The van der Waals surface area contributed by atoms with Crippen molar-refractivity contribution in [2.45, 2.75) is 58.0 Å². The molecule has 0 saturated heterocycles. The molecular weight excluding hydrogens is 220 g/mol. The Morgan fingerprint density at radius 2 is 1.53 bits per heavy atom. The minimum Gasteiger partial charge on any atom is -0.384 e. The molecule has 17 heavy (non-hydrogen) atoms. The summed E-state index contributed by atoms with van der Waals surface area (Å²) in [6.07, 6.45) is 5.51. The molecule has 0 heterocycles. The Kier molecular flexibility index (Phi) is 5.48. The van der Waals surface area contributed by atoms with E-state index in [1.165, 1.54) is 19.3 Å². The molecule has 0 aliphatic heterocycles. The molecule has 4 heteroatoms. The van der Waals surface area contributed by atoms with E-state index in [0.29, 0.717) is 6.42 Å². The molecule has 96 valence electrons. The largest absolute Gasteiger partial charge is 0.384 e. The lowest BCUT2D eigenvalue weighted by Gasteiger charge is -2.10. The highest BCUT2D eigenvalue weighted by Crippen LogP contribution is 2.23. The van der Waals surface area contributed by atoms with Crippen molar-refractivity contribution in [1.29, 1.82) is 0 Å². The molecule has 1 aliphatic carbocycles. The van der Waals surface area contributed by atoms with E-state index in [1.807, 2.05) is 0 Å². The van der Waals surface area contributed by atoms with Gasteiger partial charge in [0, 0.05) is 0 Å². The number of aliphatic hydroxyl groups excluding tert-OH is 1. The Morgan fingerprint density at radius 1 is 0.941 bits per heavy atom. The van der Waals surface area contributed by atoms with Crippen LogP contribution >= 0.6 is 0 Å². The van der Waals surface area contributed by atoms with Crippen LogP contribution in [0.25, 0.3) is 0 Å². The summed E-state index contributed by atoms with van der Waals surface area (Å²) in [5, 5.41) is 9.45. The predicted molar refractivity (Wildman–Crippen MR) is 62.5 cm³/mol. The quantitative estimate of drug-likeness (QED) is 0.540. The van der Waals surface area contributed by atoms with E-state index in [9.17, 15) is 19.5 Å². The topological polar surface area (TPSA) is 71.4 Å². The highest BCUT2D eigenvalue weighted by molar-refractivity contribution is 6.68. The maximum Gasteiger partial charge on any atom is 0.267 e. The zero-order chi connectivity index (χ0) is 12.8. The monoisotopic (exact) mass is 240 g/mol. The second-order valence-electron chi connectivity index (χ2n) is 4.67. The summed E-state index contributed by atoms with van der Waals surface area (Å²) >= 11 is 0. The van der Waals surface area contributed by atoms with Crippen LogP contribution in [-0.2, 0) is 14.4 Å². The molecule has 1 aliphatic rings. The summed E-state index contributed by atoms with van der Waals surface area (Å²) < 4.78 is 0. The molecular formula is C13H20O4. The van der Waals surface area contributed by atoms with Crippen LogP contribution in [0.1, 0.15) is 51.9 Å². The Labute approximate surface area is 101 Å². The van der Waals surface area contributed by atoms with Gasteiger partial charge in [-0.3, -0.25) is 14.4 Å². The minimum atomic E-state index is -1.38. The van der Waals surface area contributed by atoms with Gasteiger partial charge >= 0.3 is 0 Å². The third-order valence-electron chi connectivity index (χ3n) is 3.30. The van der Waals surface area contributed by atoms with E-state index in [0.717, 1.165) is 19.3 Å². The fourth-order valence-electron chi connectivity index (χ4n) is 2.18. The van der Waals surface area contributed by atoms with E-state index in [4.69, 9.17) is 0 Å². The average molecular weight is 240 g/mol. The molecule has 2 atom stereocenters. The number of carbonyl (C=O) groups is 3. The average Bonchev–Trinajstić information content (AvgIpc) is 2.50. The van der Waals surface area contributed by atoms with Crippen LogP contribution in [0.2, 0.25) is 0 Å². The maximum atomic E-state index is 11.4.